The average Bonchev–Trinajstić information content (AvgIpc) is 2.93. The van der Waals surface area contributed by atoms with Crippen molar-refractivity contribution in [1.29, 1.82) is 0 Å². The summed E-state index contributed by atoms with van der Waals surface area (Å²) in [4.78, 5) is 16.7. The Balaban J connectivity index is 1.62. The van der Waals surface area contributed by atoms with Crippen LogP contribution in [0.25, 0.3) is 5.78 Å². The molecule has 0 radical (unpaired) electrons. The molecule has 1 aliphatic carbocycles. The second-order valence-electron chi connectivity index (χ2n) is 6.89. The summed E-state index contributed by atoms with van der Waals surface area (Å²) < 4.78 is 1.90. The molecule has 3 atom stereocenters. The molecule has 2 aromatic heterocycles. The zero-order valence-electron chi connectivity index (χ0n) is 14.7. The number of rotatable bonds is 4. The first kappa shape index (κ1) is 17.2. The van der Waals surface area contributed by atoms with Gasteiger partial charge in [0.2, 0.25) is 5.91 Å². The van der Waals surface area contributed by atoms with Crippen molar-refractivity contribution in [1.82, 2.24) is 24.9 Å². The molecule has 1 saturated carbocycles. The minimum absolute atomic E-state index is 0.0698. The van der Waals surface area contributed by atoms with Crippen LogP contribution in [0.1, 0.15) is 44.5 Å². The van der Waals surface area contributed by atoms with Crippen molar-refractivity contribution in [2.45, 2.75) is 58.2 Å². The number of hydrogen-bond acceptors (Lipinski definition) is 5. The molecule has 2 aromatic rings. The van der Waals surface area contributed by atoms with E-state index in [1.807, 2.05) is 24.3 Å². The van der Waals surface area contributed by atoms with Gasteiger partial charge in [-0.05, 0) is 38.2 Å². The molecule has 2 heterocycles. The van der Waals surface area contributed by atoms with Crippen molar-refractivity contribution >= 4 is 23.4 Å². The highest BCUT2D eigenvalue weighted by Gasteiger charge is 2.28. The lowest BCUT2D eigenvalue weighted by molar-refractivity contribution is -0.120. The summed E-state index contributed by atoms with van der Waals surface area (Å²) in [7, 11) is 0. The van der Waals surface area contributed by atoms with Gasteiger partial charge >= 0.3 is 0 Å². The third-order valence-corrected chi connectivity index (χ3v) is 5.98. The molecule has 0 saturated heterocycles. The van der Waals surface area contributed by atoms with Crippen molar-refractivity contribution in [2.24, 2.45) is 11.8 Å². The molecule has 0 unspecified atom stereocenters. The van der Waals surface area contributed by atoms with Gasteiger partial charge in [-0.15, -0.1) is 10.2 Å². The minimum atomic E-state index is 0.0698. The number of thioether (sulfide) groups is 1. The largest absolute Gasteiger partial charge is 0.352 e. The van der Waals surface area contributed by atoms with Crippen LogP contribution in [0.15, 0.2) is 11.2 Å². The quantitative estimate of drug-likeness (QED) is 0.861. The van der Waals surface area contributed by atoms with Crippen LogP contribution in [0.4, 0.5) is 0 Å². The van der Waals surface area contributed by atoms with Crippen molar-refractivity contribution in [2.75, 3.05) is 5.75 Å². The molecule has 0 bridgehead atoms. The predicted molar refractivity (Wildman–Crippen MR) is 95.1 cm³/mol. The molecular weight excluding hydrogens is 322 g/mol. The Hall–Kier alpha value is -1.63. The molecule has 0 aromatic carbocycles. The molecule has 0 spiro atoms. The van der Waals surface area contributed by atoms with Crippen LogP contribution in [0.5, 0.6) is 0 Å². The van der Waals surface area contributed by atoms with Gasteiger partial charge in [-0.3, -0.25) is 9.20 Å². The summed E-state index contributed by atoms with van der Waals surface area (Å²) in [5, 5.41) is 12.2. The van der Waals surface area contributed by atoms with Crippen LogP contribution in [-0.2, 0) is 4.79 Å². The maximum atomic E-state index is 12.3. The first-order valence-corrected chi connectivity index (χ1v) is 9.56. The molecule has 130 valence electrons. The Morgan fingerprint density at radius 1 is 1.33 bits per heavy atom. The fourth-order valence-corrected chi connectivity index (χ4v) is 4.25. The highest BCUT2D eigenvalue weighted by Crippen LogP contribution is 2.29. The SMILES string of the molecule is Cc1cc(C)n2c(SCC(=O)N[C@H]3CCC[C@@H](C)[C@@H]3C)nnc2n1. The number of fused-ring (bicyclic) bond motifs is 1. The van der Waals surface area contributed by atoms with Crippen molar-refractivity contribution in [3.8, 4) is 0 Å². The zero-order chi connectivity index (χ0) is 17.3. The first-order chi connectivity index (χ1) is 11.5. The van der Waals surface area contributed by atoms with E-state index in [9.17, 15) is 4.79 Å². The molecular formula is C17H25N5OS. The van der Waals surface area contributed by atoms with E-state index in [1.54, 1.807) is 0 Å². The van der Waals surface area contributed by atoms with Crippen LogP contribution < -0.4 is 5.32 Å². The van der Waals surface area contributed by atoms with Gasteiger partial charge in [0.1, 0.15) is 0 Å². The third-order valence-electron chi connectivity index (χ3n) is 5.05. The highest BCUT2D eigenvalue weighted by atomic mass is 32.2. The molecule has 3 rings (SSSR count). The standard InChI is InChI=1S/C17H25N5OS/c1-10-6-5-7-14(13(10)4)19-15(23)9-24-17-21-20-16-18-11(2)8-12(3)22(16)17/h8,10,13-14H,5-7,9H2,1-4H3,(H,19,23)/t10-,13+,14+/m1/s1. The number of nitrogens with zero attached hydrogens (tertiary/aromatic N) is 4. The van der Waals surface area contributed by atoms with Crippen LogP contribution in [0, 0.1) is 25.7 Å². The van der Waals surface area contributed by atoms with E-state index in [0.29, 0.717) is 29.4 Å². The van der Waals surface area contributed by atoms with Crippen LogP contribution >= 0.6 is 11.8 Å². The van der Waals surface area contributed by atoms with E-state index >= 15 is 0 Å². The number of nitrogens with one attached hydrogen (secondary N) is 1. The predicted octanol–water partition coefficient (Wildman–Crippen LogP) is 2.77. The summed E-state index contributed by atoms with van der Waals surface area (Å²) in [6.45, 7) is 8.46. The first-order valence-electron chi connectivity index (χ1n) is 8.57. The van der Waals surface area contributed by atoms with E-state index in [2.05, 4.69) is 34.3 Å². The highest BCUT2D eigenvalue weighted by molar-refractivity contribution is 7.99. The molecule has 7 heteroatoms. The van der Waals surface area contributed by atoms with Gasteiger partial charge in [0.05, 0.1) is 5.75 Å². The number of aromatic nitrogens is 4. The average molecular weight is 347 g/mol. The maximum absolute atomic E-state index is 12.3. The third kappa shape index (κ3) is 3.55. The summed E-state index contributed by atoms with van der Waals surface area (Å²) in [5.74, 6) is 2.22. The second kappa shape index (κ2) is 7.09. The van der Waals surface area contributed by atoms with E-state index in [-0.39, 0.29) is 5.91 Å². The fourth-order valence-electron chi connectivity index (χ4n) is 3.46. The lowest BCUT2D eigenvalue weighted by atomic mass is 9.78. The Morgan fingerprint density at radius 3 is 2.92 bits per heavy atom. The van der Waals surface area contributed by atoms with E-state index in [4.69, 9.17) is 0 Å². The number of carbonyl (C=O) groups is 1. The van der Waals surface area contributed by atoms with Gasteiger partial charge in [-0.25, -0.2) is 4.98 Å². The summed E-state index contributed by atoms with van der Waals surface area (Å²) >= 11 is 1.41. The summed E-state index contributed by atoms with van der Waals surface area (Å²) in [5.41, 5.74) is 1.95. The van der Waals surface area contributed by atoms with Crippen molar-refractivity contribution in [3.63, 3.8) is 0 Å². The van der Waals surface area contributed by atoms with Crippen molar-refractivity contribution < 1.29 is 4.79 Å². The molecule has 1 fully saturated rings. The number of aryl methyl sites for hydroxylation is 2. The molecule has 24 heavy (non-hydrogen) atoms. The van der Waals surface area contributed by atoms with Crippen LogP contribution in [0.2, 0.25) is 0 Å². The van der Waals surface area contributed by atoms with E-state index in [0.717, 1.165) is 23.0 Å². The molecule has 1 aliphatic rings. The Kier molecular flexibility index (Phi) is 5.08. The van der Waals surface area contributed by atoms with E-state index < -0.39 is 0 Å². The Morgan fingerprint density at radius 2 is 2.12 bits per heavy atom. The minimum Gasteiger partial charge on any atom is -0.352 e. The summed E-state index contributed by atoms with van der Waals surface area (Å²) in [6, 6.07) is 2.29. The lowest BCUT2D eigenvalue weighted by Crippen LogP contribution is -2.44. The number of hydrogen-bond donors (Lipinski definition) is 1. The van der Waals surface area contributed by atoms with Crippen LogP contribution in [-0.4, -0.2) is 37.3 Å². The second-order valence-corrected chi connectivity index (χ2v) is 7.83. The Labute approximate surface area is 146 Å². The normalized spacial score (nSPS) is 24.2. The number of amides is 1. The van der Waals surface area contributed by atoms with Gasteiger partial charge in [-0.1, -0.05) is 38.5 Å². The van der Waals surface area contributed by atoms with Gasteiger partial charge in [0.15, 0.2) is 5.16 Å². The molecule has 0 aliphatic heterocycles. The van der Waals surface area contributed by atoms with E-state index in [1.165, 1.54) is 24.6 Å². The topological polar surface area (TPSA) is 72.2 Å². The van der Waals surface area contributed by atoms with Crippen LogP contribution in [0.3, 0.4) is 0 Å². The fraction of sp³-hybridized carbons (Fsp3) is 0.647. The molecule has 1 amide bonds. The monoisotopic (exact) mass is 347 g/mol. The summed E-state index contributed by atoms with van der Waals surface area (Å²) in [6.07, 6.45) is 3.54. The Bertz CT molecular complexity index is 744. The molecule has 6 nitrogen and oxygen atoms in total. The van der Waals surface area contributed by atoms with Gasteiger partial charge in [0, 0.05) is 17.4 Å². The van der Waals surface area contributed by atoms with Gasteiger partial charge in [0.25, 0.3) is 5.78 Å². The number of carbonyl (C=O) groups excluding carboxylic acids is 1. The maximum Gasteiger partial charge on any atom is 0.256 e. The van der Waals surface area contributed by atoms with Crippen molar-refractivity contribution in [3.05, 3.63) is 17.5 Å². The van der Waals surface area contributed by atoms with Gasteiger partial charge in [-0.2, -0.15) is 0 Å². The lowest BCUT2D eigenvalue weighted by Gasteiger charge is -2.34. The zero-order valence-corrected chi connectivity index (χ0v) is 15.6. The van der Waals surface area contributed by atoms with Gasteiger partial charge < -0.3 is 5.32 Å². The molecule has 1 N–H and O–H groups in total. The smallest absolute Gasteiger partial charge is 0.256 e.